The number of primary amides is 1. The average molecular weight is 634 g/mol. The maximum atomic E-state index is 13.5. The quantitative estimate of drug-likeness (QED) is 0.254. The maximum Gasteiger partial charge on any atom is 0.404 e. The van der Waals surface area contributed by atoms with Crippen molar-refractivity contribution in [1.82, 2.24) is 29.2 Å². The highest BCUT2D eigenvalue weighted by Gasteiger charge is 2.33. The first-order chi connectivity index (χ1) is 21.1. The average Bonchev–Trinajstić information content (AvgIpc) is 3.59. The van der Waals surface area contributed by atoms with Crippen molar-refractivity contribution < 1.29 is 14.6 Å². The fourth-order valence-corrected chi connectivity index (χ4v) is 6.63. The van der Waals surface area contributed by atoms with Gasteiger partial charge in [-0.3, -0.25) is 18.9 Å². The van der Waals surface area contributed by atoms with Crippen LogP contribution < -0.4 is 11.3 Å². The lowest BCUT2D eigenvalue weighted by atomic mass is 9.91. The van der Waals surface area contributed by atoms with Gasteiger partial charge in [-0.05, 0) is 42.5 Å². The van der Waals surface area contributed by atoms with Gasteiger partial charge in [-0.1, -0.05) is 48.0 Å². The molecule has 1 amide bonds. The molecule has 3 N–H and O–H groups in total. The number of ether oxygens (including phenoxy) is 1. The van der Waals surface area contributed by atoms with E-state index in [4.69, 9.17) is 22.1 Å². The fraction of sp³-hybridized carbons (Fsp3) is 0.323. The minimum Gasteiger partial charge on any atom is -0.445 e. The number of benzene rings is 2. The molecule has 0 radical (unpaired) electrons. The van der Waals surface area contributed by atoms with Gasteiger partial charge in [0, 0.05) is 43.5 Å². The van der Waals surface area contributed by atoms with Crippen molar-refractivity contribution in [3.8, 4) is 21.7 Å². The SMILES string of the molecule is Cc1ncc(-c2ccc(CN3CCC(O)(Cn4cnc5c(-c6ccc(COC(N)=O)cc6)n(C)nc5c4=O)CC3)c(Cl)c2)s1. The number of amides is 1. The highest BCUT2D eigenvalue weighted by atomic mass is 35.5. The zero-order chi connectivity index (χ0) is 31.0. The fourth-order valence-electron chi connectivity index (χ4n) is 5.61. The summed E-state index contributed by atoms with van der Waals surface area (Å²) in [5.41, 5.74) is 8.77. The van der Waals surface area contributed by atoms with Gasteiger partial charge in [-0.25, -0.2) is 14.8 Å². The van der Waals surface area contributed by atoms with Crippen molar-refractivity contribution in [3.63, 3.8) is 0 Å². The number of aryl methyl sites for hydroxylation is 2. The number of nitrogens with two attached hydrogens (primary N) is 1. The molecular formula is C31H32ClN7O4S. The highest BCUT2D eigenvalue weighted by molar-refractivity contribution is 7.15. The molecule has 0 spiro atoms. The van der Waals surface area contributed by atoms with Crippen molar-refractivity contribution in [2.75, 3.05) is 13.1 Å². The van der Waals surface area contributed by atoms with E-state index in [1.807, 2.05) is 43.5 Å². The lowest BCUT2D eigenvalue weighted by Gasteiger charge is -2.38. The van der Waals surface area contributed by atoms with Gasteiger partial charge in [-0.15, -0.1) is 11.3 Å². The number of nitrogens with zero attached hydrogens (tertiary/aromatic N) is 6. The molecule has 2 aromatic carbocycles. The highest BCUT2D eigenvalue weighted by Crippen LogP contribution is 2.32. The van der Waals surface area contributed by atoms with Crippen LogP contribution in [0.3, 0.4) is 0 Å². The molecule has 6 rings (SSSR count). The molecule has 1 aliphatic heterocycles. The monoisotopic (exact) mass is 633 g/mol. The van der Waals surface area contributed by atoms with Gasteiger partial charge in [0.1, 0.15) is 12.1 Å². The molecule has 11 nitrogen and oxygen atoms in total. The van der Waals surface area contributed by atoms with E-state index < -0.39 is 11.7 Å². The Labute approximate surface area is 262 Å². The summed E-state index contributed by atoms with van der Waals surface area (Å²) >= 11 is 8.29. The van der Waals surface area contributed by atoms with Crippen LogP contribution in [0.1, 0.15) is 29.0 Å². The number of piperidine rings is 1. The summed E-state index contributed by atoms with van der Waals surface area (Å²) in [6.45, 7) is 4.20. The Morgan fingerprint density at radius 3 is 2.50 bits per heavy atom. The number of carbonyl (C=O) groups is 1. The number of halogens is 1. The third kappa shape index (κ3) is 6.25. The summed E-state index contributed by atoms with van der Waals surface area (Å²) in [6, 6.07) is 13.4. The summed E-state index contributed by atoms with van der Waals surface area (Å²) in [7, 11) is 1.76. The molecule has 0 bridgehead atoms. The van der Waals surface area contributed by atoms with Crippen LogP contribution in [0.25, 0.3) is 32.7 Å². The third-order valence-electron chi connectivity index (χ3n) is 8.02. The summed E-state index contributed by atoms with van der Waals surface area (Å²) < 4.78 is 7.92. The lowest BCUT2D eigenvalue weighted by molar-refractivity contribution is -0.0364. The van der Waals surface area contributed by atoms with E-state index in [0.29, 0.717) is 48.7 Å². The molecule has 0 unspecified atom stereocenters. The van der Waals surface area contributed by atoms with Crippen LogP contribution in [0.15, 0.2) is 59.8 Å². The molecule has 13 heteroatoms. The van der Waals surface area contributed by atoms with Crippen LogP contribution >= 0.6 is 22.9 Å². The Hall–Kier alpha value is -4.10. The number of carbonyl (C=O) groups excluding carboxylic acids is 1. The van der Waals surface area contributed by atoms with E-state index in [1.54, 1.807) is 23.1 Å². The minimum atomic E-state index is -1.05. The number of hydrogen-bond acceptors (Lipinski definition) is 9. The van der Waals surface area contributed by atoms with Gasteiger partial charge in [-0.2, -0.15) is 5.10 Å². The van der Waals surface area contributed by atoms with Crippen LogP contribution in [0.5, 0.6) is 0 Å². The van der Waals surface area contributed by atoms with Crippen molar-refractivity contribution in [2.45, 2.75) is 45.1 Å². The van der Waals surface area contributed by atoms with E-state index in [2.05, 4.69) is 32.1 Å². The van der Waals surface area contributed by atoms with E-state index in [1.165, 1.54) is 10.9 Å². The molecule has 1 aliphatic rings. The Morgan fingerprint density at radius 1 is 1.11 bits per heavy atom. The summed E-state index contributed by atoms with van der Waals surface area (Å²) in [5.74, 6) is 0. The second-order valence-corrected chi connectivity index (χ2v) is 12.8. The summed E-state index contributed by atoms with van der Waals surface area (Å²) in [6.07, 6.45) is 3.53. The second kappa shape index (κ2) is 12.1. The van der Waals surface area contributed by atoms with Crippen molar-refractivity contribution in [2.24, 2.45) is 12.8 Å². The molecule has 0 saturated carbocycles. The third-order valence-corrected chi connectivity index (χ3v) is 9.34. The van der Waals surface area contributed by atoms with Crippen LogP contribution in [0.4, 0.5) is 4.79 Å². The number of likely N-dealkylation sites (tertiary alicyclic amines) is 1. The predicted molar refractivity (Wildman–Crippen MR) is 169 cm³/mol. The Kier molecular flexibility index (Phi) is 8.25. The normalized spacial score (nSPS) is 15.1. The first-order valence-corrected chi connectivity index (χ1v) is 15.4. The standard InChI is InChI=1S/C31H32ClN7O4S/c1-19-34-14-25(44-19)22-7-8-23(24(32)13-22)15-38-11-9-31(42,10-12-38)17-39-18-35-26-27(29(39)40)36-37(2)28(26)21-5-3-20(4-6-21)16-43-30(33)41/h3-8,13-14,18,42H,9-12,15-17H2,1-2H3,(H2,33,41). The second-order valence-electron chi connectivity index (χ2n) is 11.2. The van der Waals surface area contributed by atoms with E-state index in [0.717, 1.165) is 32.1 Å². The molecule has 1 fully saturated rings. The molecule has 228 valence electrons. The maximum absolute atomic E-state index is 13.5. The molecule has 1 saturated heterocycles. The van der Waals surface area contributed by atoms with Crippen LogP contribution in [-0.2, 0) is 31.5 Å². The Balaban J connectivity index is 1.12. The van der Waals surface area contributed by atoms with Gasteiger partial charge in [0.25, 0.3) is 5.56 Å². The van der Waals surface area contributed by atoms with Gasteiger partial charge in [0.05, 0.1) is 34.1 Å². The first-order valence-electron chi connectivity index (χ1n) is 14.2. The lowest BCUT2D eigenvalue weighted by Crippen LogP contribution is -2.47. The van der Waals surface area contributed by atoms with Crippen LogP contribution in [0.2, 0.25) is 5.02 Å². The number of aliphatic hydroxyl groups is 1. The number of rotatable bonds is 8. The summed E-state index contributed by atoms with van der Waals surface area (Å²) in [5, 5.41) is 17.7. The zero-order valence-corrected chi connectivity index (χ0v) is 25.9. The largest absolute Gasteiger partial charge is 0.445 e. The molecule has 3 aromatic heterocycles. The van der Waals surface area contributed by atoms with Gasteiger partial charge in [0.15, 0.2) is 5.52 Å². The van der Waals surface area contributed by atoms with Gasteiger partial charge < -0.3 is 15.6 Å². The topological polar surface area (TPSA) is 141 Å². The molecule has 0 atom stereocenters. The van der Waals surface area contributed by atoms with E-state index in [-0.39, 0.29) is 24.2 Å². The van der Waals surface area contributed by atoms with E-state index in [9.17, 15) is 14.7 Å². The van der Waals surface area contributed by atoms with Crippen molar-refractivity contribution >= 4 is 40.1 Å². The summed E-state index contributed by atoms with van der Waals surface area (Å²) in [4.78, 5) is 36.6. The Bertz CT molecular complexity index is 1890. The van der Waals surface area contributed by atoms with Crippen molar-refractivity contribution in [3.05, 3.63) is 86.5 Å². The number of thiazole rings is 1. The Morgan fingerprint density at radius 2 is 1.84 bits per heavy atom. The van der Waals surface area contributed by atoms with E-state index >= 15 is 0 Å². The minimum absolute atomic E-state index is 0.0695. The molecule has 0 aliphatic carbocycles. The number of hydrogen-bond donors (Lipinski definition) is 2. The van der Waals surface area contributed by atoms with Crippen LogP contribution in [-0.4, -0.2) is 59.1 Å². The van der Waals surface area contributed by atoms with Gasteiger partial charge >= 0.3 is 6.09 Å². The molecule has 4 heterocycles. The predicted octanol–water partition coefficient (Wildman–Crippen LogP) is 4.50. The molecule has 5 aromatic rings. The molecule has 44 heavy (non-hydrogen) atoms. The van der Waals surface area contributed by atoms with Crippen LogP contribution in [0, 0.1) is 6.92 Å². The smallest absolute Gasteiger partial charge is 0.404 e. The number of fused-ring (bicyclic) bond motifs is 1. The number of aromatic nitrogens is 5. The molecular weight excluding hydrogens is 602 g/mol. The zero-order valence-electron chi connectivity index (χ0n) is 24.4. The van der Waals surface area contributed by atoms with Gasteiger partial charge in [0.2, 0.25) is 0 Å². The first kappa shape index (κ1) is 29.9. The van der Waals surface area contributed by atoms with Crippen molar-refractivity contribution in [1.29, 1.82) is 0 Å².